The summed E-state index contributed by atoms with van der Waals surface area (Å²) in [6, 6.07) is 10.7. The van der Waals surface area contributed by atoms with E-state index in [-0.39, 0.29) is 5.91 Å². The number of nitrogens with zero attached hydrogens (tertiary/aromatic N) is 4. The molecule has 0 spiro atoms. The van der Waals surface area contributed by atoms with Crippen LogP contribution in [0.25, 0.3) is 10.9 Å². The van der Waals surface area contributed by atoms with E-state index in [1.807, 2.05) is 4.90 Å². The quantitative estimate of drug-likeness (QED) is 0.751. The summed E-state index contributed by atoms with van der Waals surface area (Å²) in [4.78, 5) is 15.0. The van der Waals surface area contributed by atoms with Crippen molar-refractivity contribution < 1.29 is 4.79 Å². The molecule has 1 fully saturated rings. The van der Waals surface area contributed by atoms with E-state index in [4.69, 9.17) is 0 Å². The number of benzene rings is 1. The van der Waals surface area contributed by atoms with Gasteiger partial charge in [-0.2, -0.15) is 5.10 Å². The SMILES string of the molecule is CCn1c(C2CCCN(C(=O)c3cnnc(NC)c3)C2)cc2cc(C)ccc21. The van der Waals surface area contributed by atoms with E-state index in [0.717, 1.165) is 32.5 Å². The second-order valence-corrected chi connectivity index (χ2v) is 7.55. The minimum atomic E-state index is 0.0334. The van der Waals surface area contributed by atoms with Crippen LogP contribution in [0.15, 0.2) is 36.5 Å². The number of likely N-dealkylation sites (tertiary alicyclic amines) is 1. The van der Waals surface area contributed by atoms with Gasteiger partial charge in [0.05, 0.1) is 11.8 Å². The molecule has 0 bridgehead atoms. The first-order chi connectivity index (χ1) is 13.6. The fraction of sp³-hybridized carbons (Fsp3) is 0.409. The van der Waals surface area contributed by atoms with Gasteiger partial charge in [0, 0.05) is 49.2 Å². The first-order valence-electron chi connectivity index (χ1n) is 10.00. The zero-order chi connectivity index (χ0) is 19.7. The molecule has 1 saturated heterocycles. The highest BCUT2D eigenvalue weighted by molar-refractivity contribution is 5.94. The summed E-state index contributed by atoms with van der Waals surface area (Å²) < 4.78 is 2.40. The molecule has 1 aliphatic rings. The van der Waals surface area contributed by atoms with Gasteiger partial charge in [0.2, 0.25) is 0 Å². The number of rotatable bonds is 4. The Morgan fingerprint density at radius 2 is 2.14 bits per heavy atom. The van der Waals surface area contributed by atoms with Crippen molar-refractivity contribution in [2.45, 2.75) is 39.2 Å². The summed E-state index contributed by atoms with van der Waals surface area (Å²) in [5, 5.41) is 12.2. The molecule has 6 heteroatoms. The number of aryl methyl sites for hydroxylation is 2. The van der Waals surface area contributed by atoms with Gasteiger partial charge in [-0.15, -0.1) is 5.10 Å². The number of piperidine rings is 1. The molecule has 28 heavy (non-hydrogen) atoms. The van der Waals surface area contributed by atoms with Gasteiger partial charge in [-0.1, -0.05) is 11.6 Å². The molecular formula is C22H27N5O. The predicted molar refractivity (Wildman–Crippen MR) is 112 cm³/mol. The highest BCUT2D eigenvalue weighted by Crippen LogP contribution is 2.32. The van der Waals surface area contributed by atoms with Gasteiger partial charge in [-0.3, -0.25) is 4.79 Å². The van der Waals surface area contributed by atoms with Crippen molar-refractivity contribution in [1.29, 1.82) is 0 Å². The molecule has 6 nitrogen and oxygen atoms in total. The number of hydrogen-bond acceptors (Lipinski definition) is 4. The van der Waals surface area contributed by atoms with Crippen LogP contribution >= 0.6 is 0 Å². The van der Waals surface area contributed by atoms with Gasteiger partial charge in [-0.25, -0.2) is 0 Å². The normalized spacial score (nSPS) is 17.1. The molecule has 0 aliphatic carbocycles. The lowest BCUT2D eigenvalue weighted by atomic mass is 9.94. The maximum absolute atomic E-state index is 13.0. The number of hydrogen-bond donors (Lipinski definition) is 1. The Kier molecular flexibility index (Phi) is 5.03. The van der Waals surface area contributed by atoms with Gasteiger partial charge in [-0.05, 0) is 51.0 Å². The van der Waals surface area contributed by atoms with Crippen molar-refractivity contribution in [2.24, 2.45) is 0 Å². The summed E-state index contributed by atoms with van der Waals surface area (Å²) in [6.45, 7) is 6.79. The molecule has 146 valence electrons. The maximum atomic E-state index is 13.0. The summed E-state index contributed by atoms with van der Waals surface area (Å²) in [5.41, 5.74) is 4.48. The minimum absolute atomic E-state index is 0.0334. The van der Waals surface area contributed by atoms with E-state index in [0.29, 0.717) is 17.3 Å². The number of fused-ring (bicyclic) bond motifs is 1. The van der Waals surface area contributed by atoms with Crippen LogP contribution < -0.4 is 5.32 Å². The smallest absolute Gasteiger partial charge is 0.255 e. The van der Waals surface area contributed by atoms with Crippen molar-refractivity contribution in [3.05, 3.63) is 53.3 Å². The van der Waals surface area contributed by atoms with Crippen LogP contribution in [0.1, 0.15) is 47.3 Å². The third-order valence-electron chi connectivity index (χ3n) is 5.69. The topological polar surface area (TPSA) is 63.1 Å². The van der Waals surface area contributed by atoms with Crippen molar-refractivity contribution >= 4 is 22.6 Å². The molecule has 1 unspecified atom stereocenters. The van der Waals surface area contributed by atoms with Gasteiger partial charge in [0.15, 0.2) is 0 Å². The Morgan fingerprint density at radius 1 is 1.29 bits per heavy atom. The molecule has 0 radical (unpaired) electrons. The van der Waals surface area contributed by atoms with Crippen LogP contribution in [0.3, 0.4) is 0 Å². The fourth-order valence-electron chi connectivity index (χ4n) is 4.29. The first-order valence-corrected chi connectivity index (χ1v) is 10.00. The third-order valence-corrected chi connectivity index (χ3v) is 5.69. The van der Waals surface area contributed by atoms with Crippen LogP contribution in [0.4, 0.5) is 5.82 Å². The molecular weight excluding hydrogens is 350 g/mol. The summed E-state index contributed by atoms with van der Waals surface area (Å²) >= 11 is 0. The molecule has 1 amide bonds. The highest BCUT2D eigenvalue weighted by atomic mass is 16.2. The Hall–Kier alpha value is -2.89. The zero-order valence-electron chi connectivity index (χ0n) is 16.8. The number of carbonyl (C=O) groups excluding carboxylic acids is 1. The molecule has 1 aliphatic heterocycles. The number of carbonyl (C=O) groups is 1. The molecule has 4 rings (SSSR count). The molecule has 0 saturated carbocycles. The maximum Gasteiger partial charge on any atom is 0.255 e. The van der Waals surface area contributed by atoms with E-state index in [1.165, 1.54) is 22.2 Å². The Morgan fingerprint density at radius 3 is 2.93 bits per heavy atom. The van der Waals surface area contributed by atoms with Crippen molar-refractivity contribution in [2.75, 3.05) is 25.5 Å². The minimum Gasteiger partial charge on any atom is -0.372 e. The lowest BCUT2D eigenvalue weighted by molar-refractivity contribution is 0.0704. The molecule has 1 N–H and O–H groups in total. The zero-order valence-corrected chi connectivity index (χ0v) is 16.8. The second-order valence-electron chi connectivity index (χ2n) is 7.55. The second kappa shape index (κ2) is 7.62. The molecule has 1 aromatic carbocycles. The van der Waals surface area contributed by atoms with E-state index in [9.17, 15) is 4.79 Å². The average Bonchev–Trinajstić information content (AvgIpc) is 3.11. The summed E-state index contributed by atoms with van der Waals surface area (Å²) in [7, 11) is 1.78. The lowest BCUT2D eigenvalue weighted by Crippen LogP contribution is -2.39. The summed E-state index contributed by atoms with van der Waals surface area (Å²) in [5.74, 6) is 0.996. The molecule has 3 heterocycles. The average molecular weight is 377 g/mol. The van der Waals surface area contributed by atoms with Crippen LogP contribution in [0, 0.1) is 6.92 Å². The van der Waals surface area contributed by atoms with Crippen LogP contribution in [-0.4, -0.2) is 45.7 Å². The summed E-state index contributed by atoms with van der Waals surface area (Å²) in [6.07, 6.45) is 3.67. The van der Waals surface area contributed by atoms with E-state index < -0.39 is 0 Å². The van der Waals surface area contributed by atoms with Crippen LogP contribution in [0.5, 0.6) is 0 Å². The Bertz CT molecular complexity index is 1010. The predicted octanol–water partition coefficient (Wildman–Crippen LogP) is 3.82. The van der Waals surface area contributed by atoms with Crippen LogP contribution in [0.2, 0.25) is 0 Å². The number of amides is 1. The first kappa shape index (κ1) is 18.5. The standard InChI is InChI=1S/C22H27N5O/c1-4-27-19-8-7-15(2)10-17(19)11-20(27)16-6-5-9-26(14-16)22(28)18-12-21(23-3)25-24-13-18/h7-8,10-13,16H,4-6,9,14H2,1-3H3,(H,23,25). The monoisotopic (exact) mass is 377 g/mol. The van der Waals surface area contributed by atoms with Crippen molar-refractivity contribution in [3.63, 3.8) is 0 Å². The van der Waals surface area contributed by atoms with E-state index >= 15 is 0 Å². The van der Waals surface area contributed by atoms with Crippen molar-refractivity contribution in [1.82, 2.24) is 19.7 Å². The van der Waals surface area contributed by atoms with E-state index in [1.54, 1.807) is 19.3 Å². The number of nitrogens with one attached hydrogen (secondary N) is 1. The van der Waals surface area contributed by atoms with Gasteiger partial charge in [0.25, 0.3) is 5.91 Å². The third kappa shape index (κ3) is 3.35. The number of aromatic nitrogens is 3. The van der Waals surface area contributed by atoms with Crippen molar-refractivity contribution in [3.8, 4) is 0 Å². The fourth-order valence-corrected chi connectivity index (χ4v) is 4.29. The van der Waals surface area contributed by atoms with Gasteiger partial charge >= 0.3 is 0 Å². The van der Waals surface area contributed by atoms with Crippen LogP contribution in [-0.2, 0) is 6.54 Å². The highest BCUT2D eigenvalue weighted by Gasteiger charge is 2.28. The lowest BCUT2D eigenvalue weighted by Gasteiger charge is -2.33. The molecule has 2 aromatic heterocycles. The largest absolute Gasteiger partial charge is 0.372 e. The van der Waals surface area contributed by atoms with Gasteiger partial charge in [0.1, 0.15) is 5.82 Å². The Labute approximate surface area is 165 Å². The van der Waals surface area contributed by atoms with Gasteiger partial charge < -0.3 is 14.8 Å². The number of anilines is 1. The molecule has 1 atom stereocenters. The Balaban J connectivity index is 1.62. The molecule has 3 aromatic rings. The van der Waals surface area contributed by atoms with E-state index in [2.05, 4.69) is 58.2 Å².